The maximum Gasteiger partial charge on any atom is 0.269 e. The number of aryl methyl sites for hydroxylation is 1. The number of carbonyl (C=O) groups excluding carboxylic acids is 1. The Morgan fingerprint density at radius 2 is 2.00 bits per heavy atom. The number of carbonyl (C=O) groups is 1. The zero-order valence-electron chi connectivity index (χ0n) is 18.0. The van der Waals surface area contributed by atoms with Crippen molar-refractivity contribution in [2.75, 3.05) is 11.4 Å². The van der Waals surface area contributed by atoms with Crippen LogP contribution in [0.25, 0.3) is 0 Å². The number of nitro benzene ring substituents is 1. The van der Waals surface area contributed by atoms with Crippen LogP contribution in [0.5, 0.6) is 5.75 Å². The largest absolute Gasteiger partial charge is 0.872 e. The number of likely N-dealkylation sites (N-methyl/N-ethyl adjacent to an activating group) is 1. The standard InChI is InChI=1S/C23H27N3O5/c1-5-24-21(28)20-16(15-11-14(26(30)31)7-9-19(15)27)12-23(29)22(3,4)17-10-13(2)6-8-18(17)25(20)23/h6-11,16,20,27,29H,5,12H2,1-4H3,(H,24,28)/p-1/t16-,20+,23?/m0/s1. The molecule has 31 heavy (non-hydrogen) atoms. The second kappa shape index (κ2) is 6.95. The fraction of sp³-hybridized carbons (Fsp3) is 0.435. The molecule has 0 radical (unpaired) electrons. The van der Waals surface area contributed by atoms with E-state index < -0.39 is 28.0 Å². The first-order valence-corrected chi connectivity index (χ1v) is 10.4. The van der Waals surface area contributed by atoms with Crippen LogP contribution >= 0.6 is 0 Å². The fourth-order valence-electron chi connectivity index (χ4n) is 5.21. The summed E-state index contributed by atoms with van der Waals surface area (Å²) in [6, 6.07) is 8.54. The predicted molar refractivity (Wildman–Crippen MR) is 114 cm³/mol. The van der Waals surface area contributed by atoms with Gasteiger partial charge in [-0.3, -0.25) is 14.9 Å². The Balaban J connectivity index is 1.93. The number of anilines is 1. The normalized spacial score (nSPS) is 25.8. The van der Waals surface area contributed by atoms with Crippen molar-refractivity contribution in [3.05, 3.63) is 63.2 Å². The van der Waals surface area contributed by atoms with Crippen molar-refractivity contribution >= 4 is 17.3 Å². The quantitative estimate of drug-likeness (QED) is 0.575. The van der Waals surface area contributed by atoms with Crippen molar-refractivity contribution in [2.24, 2.45) is 0 Å². The first-order chi connectivity index (χ1) is 14.5. The van der Waals surface area contributed by atoms with Gasteiger partial charge >= 0.3 is 0 Å². The lowest BCUT2D eigenvalue weighted by Gasteiger charge is -2.39. The minimum absolute atomic E-state index is 0.103. The van der Waals surface area contributed by atoms with E-state index in [-0.39, 0.29) is 29.3 Å². The maximum atomic E-state index is 13.2. The molecule has 2 N–H and O–H groups in total. The van der Waals surface area contributed by atoms with Gasteiger partial charge in [0.05, 0.1) is 4.92 Å². The molecule has 2 aliphatic rings. The van der Waals surface area contributed by atoms with Crippen LogP contribution in [0, 0.1) is 17.0 Å². The molecule has 0 aliphatic carbocycles. The van der Waals surface area contributed by atoms with E-state index in [2.05, 4.69) is 5.32 Å². The van der Waals surface area contributed by atoms with Gasteiger partial charge in [-0.1, -0.05) is 37.6 Å². The highest BCUT2D eigenvalue weighted by molar-refractivity contribution is 5.90. The number of nitro groups is 1. The van der Waals surface area contributed by atoms with Gasteiger partial charge in [0.1, 0.15) is 11.8 Å². The molecule has 1 amide bonds. The number of benzene rings is 2. The number of rotatable bonds is 4. The third-order valence-corrected chi connectivity index (χ3v) is 6.87. The minimum atomic E-state index is -1.43. The van der Waals surface area contributed by atoms with E-state index in [0.29, 0.717) is 6.54 Å². The molecule has 8 nitrogen and oxygen atoms in total. The fourth-order valence-corrected chi connectivity index (χ4v) is 5.21. The molecule has 2 aromatic rings. The second-order valence-electron chi connectivity index (χ2n) is 8.96. The average Bonchev–Trinajstić information content (AvgIpc) is 3.10. The summed E-state index contributed by atoms with van der Waals surface area (Å²) < 4.78 is 0. The first kappa shape index (κ1) is 21.1. The SMILES string of the molecule is CCNC(=O)[C@H]1[C@H](c2cc([N+](=O)[O-])ccc2[O-])CC2(O)N1c1ccc(C)cc1C2(C)C. The smallest absolute Gasteiger partial charge is 0.269 e. The summed E-state index contributed by atoms with van der Waals surface area (Å²) in [5, 5.41) is 38.8. The Labute approximate surface area is 180 Å². The molecular weight excluding hydrogens is 398 g/mol. The third kappa shape index (κ3) is 2.89. The van der Waals surface area contributed by atoms with Crippen LogP contribution in [-0.4, -0.2) is 34.2 Å². The molecule has 3 atom stereocenters. The highest BCUT2D eigenvalue weighted by atomic mass is 16.6. The van der Waals surface area contributed by atoms with Gasteiger partial charge in [-0.25, -0.2) is 0 Å². The molecule has 0 saturated carbocycles. The second-order valence-corrected chi connectivity index (χ2v) is 8.96. The molecule has 4 rings (SSSR count). The molecule has 0 spiro atoms. The van der Waals surface area contributed by atoms with Gasteiger partial charge in [0.2, 0.25) is 5.91 Å². The van der Waals surface area contributed by atoms with Gasteiger partial charge in [0, 0.05) is 42.1 Å². The van der Waals surface area contributed by atoms with Crippen molar-refractivity contribution in [3.63, 3.8) is 0 Å². The molecule has 0 aromatic heterocycles. The van der Waals surface area contributed by atoms with E-state index in [9.17, 15) is 25.1 Å². The van der Waals surface area contributed by atoms with Crippen LogP contribution in [0.4, 0.5) is 11.4 Å². The van der Waals surface area contributed by atoms with E-state index in [1.165, 1.54) is 12.1 Å². The Bertz CT molecular complexity index is 1080. The van der Waals surface area contributed by atoms with Crippen molar-refractivity contribution in [2.45, 2.75) is 57.2 Å². The van der Waals surface area contributed by atoms with Gasteiger partial charge in [0.25, 0.3) is 5.69 Å². The van der Waals surface area contributed by atoms with Crippen LogP contribution < -0.4 is 15.3 Å². The molecular formula is C23H26N3O5-. The predicted octanol–water partition coefficient (Wildman–Crippen LogP) is 2.46. The van der Waals surface area contributed by atoms with Gasteiger partial charge in [0.15, 0.2) is 0 Å². The zero-order valence-corrected chi connectivity index (χ0v) is 18.0. The third-order valence-electron chi connectivity index (χ3n) is 6.87. The molecule has 1 saturated heterocycles. The van der Waals surface area contributed by atoms with Crippen molar-refractivity contribution < 1.29 is 19.9 Å². The van der Waals surface area contributed by atoms with Crippen LogP contribution in [0.2, 0.25) is 0 Å². The van der Waals surface area contributed by atoms with Gasteiger partial charge in [-0.05, 0) is 31.0 Å². The van der Waals surface area contributed by atoms with E-state index in [4.69, 9.17) is 0 Å². The highest BCUT2D eigenvalue weighted by Gasteiger charge is 2.65. The Morgan fingerprint density at radius 1 is 1.29 bits per heavy atom. The maximum absolute atomic E-state index is 13.2. The summed E-state index contributed by atoms with van der Waals surface area (Å²) in [4.78, 5) is 25.7. The van der Waals surface area contributed by atoms with Gasteiger partial charge < -0.3 is 20.4 Å². The topological polar surface area (TPSA) is 119 Å². The van der Waals surface area contributed by atoms with Crippen molar-refractivity contribution in [3.8, 4) is 5.75 Å². The molecule has 2 aliphatic heterocycles. The first-order valence-electron chi connectivity index (χ1n) is 10.4. The van der Waals surface area contributed by atoms with E-state index in [0.717, 1.165) is 22.9 Å². The number of hydrogen-bond acceptors (Lipinski definition) is 6. The molecule has 2 aromatic carbocycles. The van der Waals surface area contributed by atoms with E-state index in [1.54, 1.807) is 11.8 Å². The van der Waals surface area contributed by atoms with Gasteiger partial charge in [-0.2, -0.15) is 0 Å². The van der Waals surface area contributed by atoms with Crippen LogP contribution in [-0.2, 0) is 10.2 Å². The molecule has 8 heteroatoms. The number of nitrogens with one attached hydrogen (secondary N) is 1. The van der Waals surface area contributed by atoms with Crippen molar-refractivity contribution in [1.82, 2.24) is 5.32 Å². The summed E-state index contributed by atoms with van der Waals surface area (Å²) in [5.41, 5.74) is 0.538. The zero-order chi connectivity index (χ0) is 22.7. The average molecular weight is 424 g/mol. The number of nitrogens with zero attached hydrogens (tertiary/aromatic N) is 2. The van der Waals surface area contributed by atoms with E-state index >= 15 is 0 Å². The summed E-state index contributed by atoms with van der Waals surface area (Å²) in [7, 11) is 0. The van der Waals surface area contributed by atoms with Crippen LogP contribution in [0.15, 0.2) is 36.4 Å². The highest BCUT2D eigenvalue weighted by Crippen LogP contribution is 2.60. The number of non-ortho nitro benzene ring substituents is 1. The molecule has 164 valence electrons. The summed E-state index contributed by atoms with van der Waals surface area (Å²) >= 11 is 0. The Morgan fingerprint density at radius 3 is 2.65 bits per heavy atom. The minimum Gasteiger partial charge on any atom is -0.872 e. The number of hydrogen-bond donors (Lipinski definition) is 2. The van der Waals surface area contributed by atoms with Crippen LogP contribution in [0.3, 0.4) is 0 Å². The van der Waals surface area contributed by atoms with E-state index in [1.807, 2.05) is 39.0 Å². The molecule has 0 bridgehead atoms. The van der Waals surface area contributed by atoms with Crippen molar-refractivity contribution in [1.29, 1.82) is 0 Å². The summed E-state index contributed by atoms with van der Waals surface area (Å²) in [6.45, 7) is 8.01. The summed E-state index contributed by atoms with van der Waals surface area (Å²) in [6.07, 6.45) is 0.103. The monoisotopic (exact) mass is 424 g/mol. The lowest BCUT2D eigenvalue weighted by Crippen LogP contribution is -2.56. The Hall–Kier alpha value is -3.13. The molecule has 1 unspecified atom stereocenters. The number of aliphatic hydroxyl groups is 1. The lowest BCUT2D eigenvalue weighted by atomic mass is 9.74. The van der Waals surface area contributed by atoms with Gasteiger partial charge in [-0.15, -0.1) is 5.75 Å². The number of fused-ring (bicyclic) bond motifs is 3. The Kier molecular flexibility index (Phi) is 4.73. The summed E-state index contributed by atoms with van der Waals surface area (Å²) in [5.74, 6) is -1.40. The lowest BCUT2D eigenvalue weighted by molar-refractivity contribution is -0.385. The number of amides is 1. The van der Waals surface area contributed by atoms with Crippen LogP contribution in [0.1, 0.15) is 49.8 Å². The molecule has 1 fully saturated rings. The molecule has 2 heterocycles.